The number of rotatable bonds is 7. The number of hydrogen-bond acceptors (Lipinski definition) is 7. The van der Waals surface area contributed by atoms with Crippen LogP contribution in [0.5, 0.6) is 5.75 Å². The number of nitrogens with zero attached hydrogens (tertiary/aromatic N) is 2. The normalized spacial score (nSPS) is 12.8. The molecule has 1 aromatic carbocycles. The van der Waals surface area contributed by atoms with Crippen LogP contribution in [0.3, 0.4) is 0 Å². The lowest BCUT2D eigenvalue weighted by atomic mass is 10.2. The number of nitro benzene ring substituents is 1. The lowest BCUT2D eigenvalue weighted by Crippen LogP contribution is -2.45. The van der Waals surface area contributed by atoms with Gasteiger partial charge in [0.1, 0.15) is 12.3 Å². The summed E-state index contributed by atoms with van der Waals surface area (Å²) < 4.78 is 9.95. The molecule has 1 aliphatic heterocycles. The zero-order chi connectivity index (χ0) is 18.4. The van der Waals surface area contributed by atoms with Gasteiger partial charge in [0.2, 0.25) is 5.91 Å². The Balaban J connectivity index is 2.03. The van der Waals surface area contributed by atoms with Crippen LogP contribution in [-0.2, 0) is 19.1 Å². The van der Waals surface area contributed by atoms with E-state index in [4.69, 9.17) is 9.47 Å². The van der Waals surface area contributed by atoms with Gasteiger partial charge in [-0.1, -0.05) is 0 Å². The monoisotopic (exact) mass is 351 g/mol. The number of carbonyl (C=O) groups excluding carboxylic acids is 3. The number of fused-ring (bicyclic) bond motifs is 1. The lowest BCUT2D eigenvalue weighted by molar-refractivity contribution is -0.384. The molecule has 134 valence electrons. The fourth-order valence-electron chi connectivity index (χ4n) is 2.21. The molecule has 0 bridgehead atoms. The van der Waals surface area contributed by atoms with Crippen LogP contribution in [0.4, 0.5) is 11.4 Å². The van der Waals surface area contributed by atoms with Gasteiger partial charge in [0.15, 0.2) is 6.61 Å². The minimum absolute atomic E-state index is 0.0126. The van der Waals surface area contributed by atoms with Crippen molar-refractivity contribution in [2.24, 2.45) is 0 Å². The van der Waals surface area contributed by atoms with E-state index in [0.29, 0.717) is 0 Å². The molecule has 2 rings (SSSR count). The Bertz CT molecular complexity index is 704. The van der Waals surface area contributed by atoms with Crippen LogP contribution < -0.4 is 15.0 Å². The Morgan fingerprint density at radius 3 is 2.88 bits per heavy atom. The van der Waals surface area contributed by atoms with Crippen molar-refractivity contribution >= 4 is 29.2 Å². The van der Waals surface area contributed by atoms with Gasteiger partial charge in [-0.15, -0.1) is 0 Å². The summed E-state index contributed by atoms with van der Waals surface area (Å²) >= 11 is 0. The Kier molecular flexibility index (Phi) is 5.88. The summed E-state index contributed by atoms with van der Waals surface area (Å²) in [6.45, 7) is 1.40. The lowest BCUT2D eigenvalue weighted by Gasteiger charge is -2.28. The molecule has 0 fully saturated rings. The van der Waals surface area contributed by atoms with Gasteiger partial charge in [0.05, 0.1) is 23.6 Å². The van der Waals surface area contributed by atoms with Crippen LogP contribution in [0.1, 0.15) is 13.3 Å². The molecule has 0 aliphatic carbocycles. The molecule has 0 spiro atoms. The standard InChI is InChI=1S/C15H17N3O7/c1-2-24-15(21)5-6-16-13(19)8-17-11-7-10(18(22)23)3-4-12(11)25-9-14(17)20/h3-4,7H,2,5-6,8-9H2,1H3,(H,16,19). The van der Waals surface area contributed by atoms with Crippen LogP contribution in [0, 0.1) is 10.1 Å². The smallest absolute Gasteiger partial charge is 0.307 e. The van der Waals surface area contributed by atoms with Crippen molar-refractivity contribution in [2.45, 2.75) is 13.3 Å². The zero-order valence-electron chi connectivity index (χ0n) is 13.5. The molecule has 1 aromatic rings. The maximum atomic E-state index is 12.0. The number of non-ortho nitro benzene ring substituents is 1. The Morgan fingerprint density at radius 2 is 2.20 bits per heavy atom. The van der Waals surface area contributed by atoms with Crippen molar-refractivity contribution in [2.75, 3.05) is 31.2 Å². The van der Waals surface area contributed by atoms with E-state index in [1.165, 1.54) is 18.2 Å². The van der Waals surface area contributed by atoms with Crippen molar-refractivity contribution in [1.29, 1.82) is 0 Å². The number of amides is 2. The number of carbonyl (C=O) groups is 3. The highest BCUT2D eigenvalue weighted by Crippen LogP contribution is 2.34. The molecular weight excluding hydrogens is 334 g/mol. The predicted octanol–water partition coefficient (Wildman–Crippen LogP) is 0.390. The van der Waals surface area contributed by atoms with Gasteiger partial charge in [-0.05, 0) is 13.0 Å². The Hall–Kier alpha value is -3.17. The van der Waals surface area contributed by atoms with Gasteiger partial charge >= 0.3 is 5.97 Å². The first-order valence-corrected chi connectivity index (χ1v) is 7.56. The number of esters is 1. The molecule has 0 saturated carbocycles. The van der Waals surface area contributed by atoms with E-state index >= 15 is 0 Å². The van der Waals surface area contributed by atoms with E-state index < -0.39 is 22.7 Å². The van der Waals surface area contributed by atoms with E-state index in [2.05, 4.69) is 5.32 Å². The number of ether oxygens (including phenoxy) is 2. The predicted molar refractivity (Wildman–Crippen MR) is 85.2 cm³/mol. The molecule has 10 nitrogen and oxygen atoms in total. The van der Waals surface area contributed by atoms with E-state index in [0.717, 1.165) is 4.90 Å². The van der Waals surface area contributed by atoms with E-state index in [9.17, 15) is 24.5 Å². The fourth-order valence-corrected chi connectivity index (χ4v) is 2.21. The molecular formula is C15H17N3O7. The number of hydrogen-bond donors (Lipinski definition) is 1. The average Bonchev–Trinajstić information content (AvgIpc) is 2.57. The van der Waals surface area contributed by atoms with Crippen molar-refractivity contribution < 1.29 is 28.8 Å². The van der Waals surface area contributed by atoms with E-state index in [1.807, 2.05) is 0 Å². The van der Waals surface area contributed by atoms with Crippen LogP contribution in [-0.4, -0.2) is 49.0 Å². The largest absolute Gasteiger partial charge is 0.482 e. The summed E-state index contributed by atoms with van der Waals surface area (Å²) in [4.78, 5) is 46.6. The first kappa shape index (κ1) is 18.2. The second-order valence-corrected chi connectivity index (χ2v) is 5.08. The van der Waals surface area contributed by atoms with Crippen LogP contribution >= 0.6 is 0 Å². The topological polar surface area (TPSA) is 128 Å². The molecule has 0 saturated heterocycles. The minimum atomic E-state index is -0.600. The second kappa shape index (κ2) is 8.08. The van der Waals surface area contributed by atoms with Crippen molar-refractivity contribution in [3.63, 3.8) is 0 Å². The molecule has 0 radical (unpaired) electrons. The number of anilines is 1. The molecule has 10 heteroatoms. The summed E-state index contributed by atoms with van der Waals surface area (Å²) in [5.74, 6) is -1.15. The first-order valence-electron chi connectivity index (χ1n) is 7.56. The van der Waals surface area contributed by atoms with Gasteiger partial charge in [-0.3, -0.25) is 29.4 Å². The Morgan fingerprint density at radius 1 is 1.44 bits per heavy atom. The Labute approximate surface area is 142 Å². The van der Waals surface area contributed by atoms with Crippen molar-refractivity contribution in [1.82, 2.24) is 5.32 Å². The molecule has 2 amide bonds. The summed E-state index contributed by atoms with van der Waals surface area (Å²) in [5, 5.41) is 13.4. The second-order valence-electron chi connectivity index (χ2n) is 5.08. The van der Waals surface area contributed by atoms with Gasteiger partial charge in [0, 0.05) is 18.7 Å². The first-order chi connectivity index (χ1) is 11.9. The van der Waals surface area contributed by atoms with Crippen LogP contribution in [0.15, 0.2) is 18.2 Å². The molecule has 1 aliphatic rings. The number of benzene rings is 1. The fraction of sp³-hybridized carbons (Fsp3) is 0.400. The molecule has 25 heavy (non-hydrogen) atoms. The maximum absolute atomic E-state index is 12.0. The summed E-state index contributed by atoms with van der Waals surface area (Å²) in [6.07, 6.45) is 0.0126. The van der Waals surface area contributed by atoms with Gasteiger partial charge in [-0.25, -0.2) is 0 Å². The average molecular weight is 351 g/mol. The molecule has 0 aromatic heterocycles. The summed E-state index contributed by atoms with van der Waals surface area (Å²) in [6, 6.07) is 3.82. The van der Waals surface area contributed by atoms with Crippen LogP contribution in [0.2, 0.25) is 0 Å². The highest BCUT2D eigenvalue weighted by molar-refractivity contribution is 6.02. The van der Waals surface area contributed by atoms with E-state index in [1.54, 1.807) is 6.92 Å². The van der Waals surface area contributed by atoms with Crippen LogP contribution in [0.25, 0.3) is 0 Å². The number of nitrogens with one attached hydrogen (secondary N) is 1. The van der Waals surface area contributed by atoms with Crippen molar-refractivity contribution in [3.8, 4) is 5.75 Å². The minimum Gasteiger partial charge on any atom is -0.482 e. The third-order valence-corrected chi connectivity index (χ3v) is 3.35. The zero-order valence-corrected chi connectivity index (χ0v) is 13.5. The molecule has 0 atom stereocenters. The van der Waals surface area contributed by atoms with Gasteiger partial charge in [0.25, 0.3) is 11.6 Å². The quantitative estimate of drug-likeness (QED) is 0.427. The molecule has 1 N–H and O–H groups in total. The highest BCUT2D eigenvalue weighted by Gasteiger charge is 2.29. The summed E-state index contributed by atoms with van der Waals surface area (Å²) in [7, 11) is 0. The highest BCUT2D eigenvalue weighted by atomic mass is 16.6. The van der Waals surface area contributed by atoms with E-state index in [-0.39, 0.29) is 49.8 Å². The molecule has 0 unspecified atom stereocenters. The third-order valence-electron chi connectivity index (χ3n) is 3.35. The van der Waals surface area contributed by atoms with Gasteiger partial charge in [-0.2, -0.15) is 0 Å². The SMILES string of the molecule is CCOC(=O)CCNC(=O)CN1C(=O)COc2ccc([N+](=O)[O-])cc21. The third kappa shape index (κ3) is 4.66. The maximum Gasteiger partial charge on any atom is 0.307 e. The number of nitro groups is 1. The van der Waals surface area contributed by atoms with Crippen molar-refractivity contribution in [3.05, 3.63) is 28.3 Å². The van der Waals surface area contributed by atoms with Gasteiger partial charge < -0.3 is 14.8 Å². The summed E-state index contributed by atoms with van der Waals surface area (Å²) in [5.41, 5.74) is -0.0595. The molecule has 1 heterocycles.